The van der Waals surface area contributed by atoms with Crippen molar-refractivity contribution < 1.29 is 22.7 Å². The molecule has 0 aliphatic rings. The van der Waals surface area contributed by atoms with Crippen molar-refractivity contribution in [2.24, 2.45) is 0 Å². The highest BCUT2D eigenvalue weighted by molar-refractivity contribution is 7.90. The fourth-order valence-electron chi connectivity index (χ4n) is 2.07. The maximum Gasteiger partial charge on any atom is 0.338 e. The predicted molar refractivity (Wildman–Crippen MR) is 91.1 cm³/mol. The molecular weight excluding hydrogens is 328 g/mol. The number of esters is 1. The third-order valence-electron chi connectivity index (χ3n) is 3.41. The lowest BCUT2D eigenvalue weighted by molar-refractivity contribution is 0.0450. The van der Waals surface area contributed by atoms with E-state index in [1.54, 1.807) is 0 Å². The molecule has 0 saturated heterocycles. The van der Waals surface area contributed by atoms with E-state index in [2.05, 4.69) is 6.92 Å². The van der Waals surface area contributed by atoms with Crippen LogP contribution in [0.25, 0.3) is 0 Å². The van der Waals surface area contributed by atoms with Crippen LogP contribution >= 0.6 is 0 Å². The number of hydrogen-bond donors (Lipinski definition) is 0. The van der Waals surface area contributed by atoms with Crippen molar-refractivity contribution in [3.8, 4) is 5.75 Å². The van der Waals surface area contributed by atoms with Crippen LogP contribution in [0.15, 0.2) is 53.4 Å². The van der Waals surface area contributed by atoms with Gasteiger partial charge in [0.2, 0.25) is 0 Å². The molecule has 0 aliphatic heterocycles. The van der Waals surface area contributed by atoms with E-state index in [0.29, 0.717) is 5.56 Å². The standard InChI is InChI=1S/C18H20O5S/c1-3-14-5-4-6-16(13-14)22-11-12-23-18(19)15-7-9-17(10-8-15)24(2,20)21/h4-10,13H,3,11-12H2,1-2H3. The molecule has 0 fully saturated rings. The summed E-state index contributed by atoms with van der Waals surface area (Å²) < 4.78 is 33.4. The van der Waals surface area contributed by atoms with E-state index < -0.39 is 15.8 Å². The Balaban J connectivity index is 1.82. The fourth-order valence-corrected chi connectivity index (χ4v) is 2.70. The van der Waals surface area contributed by atoms with Gasteiger partial charge in [-0.15, -0.1) is 0 Å². The van der Waals surface area contributed by atoms with Gasteiger partial charge in [0.1, 0.15) is 19.0 Å². The van der Waals surface area contributed by atoms with Gasteiger partial charge in [-0.25, -0.2) is 13.2 Å². The molecule has 0 heterocycles. The first kappa shape index (κ1) is 18.0. The first-order valence-electron chi connectivity index (χ1n) is 7.59. The average molecular weight is 348 g/mol. The van der Waals surface area contributed by atoms with E-state index in [1.165, 1.54) is 29.8 Å². The number of hydrogen-bond acceptors (Lipinski definition) is 5. The lowest BCUT2D eigenvalue weighted by Crippen LogP contribution is -2.12. The zero-order valence-corrected chi connectivity index (χ0v) is 14.5. The van der Waals surface area contributed by atoms with E-state index in [-0.39, 0.29) is 18.1 Å². The molecule has 2 aromatic carbocycles. The SMILES string of the molecule is CCc1cccc(OCCOC(=O)c2ccc(S(C)(=O)=O)cc2)c1. The summed E-state index contributed by atoms with van der Waals surface area (Å²) in [5.41, 5.74) is 1.48. The van der Waals surface area contributed by atoms with E-state index in [1.807, 2.05) is 24.3 Å². The summed E-state index contributed by atoms with van der Waals surface area (Å²) in [6.45, 7) is 2.43. The molecular formula is C18H20O5S. The van der Waals surface area contributed by atoms with Crippen LogP contribution in [0.5, 0.6) is 5.75 Å². The van der Waals surface area contributed by atoms with Crippen LogP contribution in [0.3, 0.4) is 0 Å². The Kier molecular flexibility index (Phi) is 5.98. The molecule has 0 bridgehead atoms. The quantitative estimate of drug-likeness (QED) is 0.568. The van der Waals surface area contributed by atoms with Gasteiger partial charge in [-0.1, -0.05) is 19.1 Å². The Labute approximate surface area is 142 Å². The molecule has 0 atom stereocenters. The van der Waals surface area contributed by atoms with Crippen molar-refractivity contribution in [1.82, 2.24) is 0 Å². The summed E-state index contributed by atoms with van der Waals surface area (Å²) in [5, 5.41) is 0. The van der Waals surface area contributed by atoms with Crippen LogP contribution < -0.4 is 4.74 Å². The van der Waals surface area contributed by atoms with Gasteiger partial charge in [-0.2, -0.15) is 0 Å². The zero-order chi connectivity index (χ0) is 17.6. The molecule has 0 aliphatic carbocycles. The monoisotopic (exact) mass is 348 g/mol. The largest absolute Gasteiger partial charge is 0.490 e. The first-order valence-corrected chi connectivity index (χ1v) is 9.48. The van der Waals surface area contributed by atoms with Gasteiger partial charge in [0.15, 0.2) is 9.84 Å². The van der Waals surface area contributed by atoms with Crippen molar-refractivity contribution in [2.45, 2.75) is 18.2 Å². The molecule has 0 aromatic heterocycles. The number of rotatable bonds is 7. The number of carbonyl (C=O) groups excluding carboxylic acids is 1. The molecule has 2 rings (SSSR count). The number of ether oxygens (including phenoxy) is 2. The third-order valence-corrected chi connectivity index (χ3v) is 4.54. The van der Waals surface area contributed by atoms with E-state index in [0.717, 1.165) is 18.4 Å². The minimum absolute atomic E-state index is 0.114. The molecule has 6 heteroatoms. The lowest BCUT2D eigenvalue weighted by atomic mass is 10.2. The molecule has 0 radical (unpaired) electrons. The van der Waals surface area contributed by atoms with Crippen molar-refractivity contribution in [3.63, 3.8) is 0 Å². The summed E-state index contributed by atoms with van der Waals surface area (Å²) in [4.78, 5) is 12.1. The second-order valence-electron chi connectivity index (χ2n) is 5.28. The normalized spacial score (nSPS) is 11.1. The molecule has 0 unspecified atom stereocenters. The van der Waals surface area contributed by atoms with Gasteiger partial charge >= 0.3 is 5.97 Å². The Morgan fingerprint density at radius 3 is 2.38 bits per heavy atom. The molecule has 0 amide bonds. The highest BCUT2D eigenvalue weighted by Gasteiger charge is 2.10. The van der Waals surface area contributed by atoms with Gasteiger partial charge in [0.25, 0.3) is 0 Å². The van der Waals surface area contributed by atoms with Gasteiger partial charge in [-0.3, -0.25) is 0 Å². The van der Waals surface area contributed by atoms with Crippen LogP contribution in [-0.2, 0) is 21.0 Å². The summed E-state index contributed by atoms with van der Waals surface area (Å²) in [6, 6.07) is 13.4. The van der Waals surface area contributed by atoms with Gasteiger partial charge in [0, 0.05) is 6.26 Å². The topological polar surface area (TPSA) is 69.7 Å². The van der Waals surface area contributed by atoms with Crippen molar-refractivity contribution in [1.29, 1.82) is 0 Å². The lowest BCUT2D eigenvalue weighted by Gasteiger charge is -2.08. The smallest absolute Gasteiger partial charge is 0.338 e. The molecule has 24 heavy (non-hydrogen) atoms. The van der Waals surface area contributed by atoms with E-state index >= 15 is 0 Å². The number of sulfone groups is 1. The second-order valence-corrected chi connectivity index (χ2v) is 7.30. The van der Waals surface area contributed by atoms with E-state index in [4.69, 9.17) is 9.47 Å². The highest BCUT2D eigenvalue weighted by Crippen LogP contribution is 2.14. The first-order chi connectivity index (χ1) is 11.4. The van der Waals surface area contributed by atoms with Gasteiger partial charge < -0.3 is 9.47 Å². The molecule has 2 aromatic rings. The van der Waals surface area contributed by atoms with Crippen molar-refractivity contribution in [2.75, 3.05) is 19.5 Å². The van der Waals surface area contributed by atoms with Gasteiger partial charge in [-0.05, 0) is 48.4 Å². The highest BCUT2D eigenvalue weighted by atomic mass is 32.2. The minimum Gasteiger partial charge on any atom is -0.490 e. The molecule has 128 valence electrons. The van der Waals surface area contributed by atoms with Crippen LogP contribution in [0.1, 0.15) is 22.8 Å². The second kappa shape index (κ2) is 7.97. The Morgan fingerprint density at radius 1 is 1.04 bits per heavy atom. The Bertz CT molecular complexity index is 794. The summed E-state index contributed by atoms with van der Waals surface area (Å²) in [5.74, 6) is 0.226. The maximum absolute atomic E-state index is 11.9. The minimum atomic E-state index is -3.27. The molecule has 5 nitrogen and oxygen atoms in total. The summed E-state index contributed by atoms with van der Waals surface area (Å²) in [6.07, 6.45) is 2.04. The summed E-state index contributed by atoms with van der Waals surface area (Å²) in [7, 11) is -3.27. The van der Waals surface area contributed by atoms with Crippen molar-refractivity contribution in [3.05, 3.63) is 59.7 Å². The molecule has 0 saturated carbocycles. The van der Waals surface area contributed by atoms with Crippen LogP contribution in [0.2, 0.25) is 0 Å². The number of aryl methyl sites for hydroxylation is 1. The third kappa shape index (κ3) is 5.09. The number of carbonyl (C=O) groups is 1. The van der Waals surface area contributed by atoms with Crippen LogP contribution in [0, 0.1) is 0 Å². The van der Waals surface area contributed by atoms with Crippen LogP contribution in [-0.4, -0.2) is 33.9 Å². The van der Waals surface area contributed by atoms with Crippen LogP contribution in [0.4, 0.5) is 0 Å². The Hall–Kier alpha value is -2.34. The van der Waals surface area contributed by atoms with E-state index in [9.17, 15) is 13.2 Å². The molecule has 0 spiro atoms. The predicted octanol–water partition coefficient (Wildman–Crippen LogP) is 2.89. The van der Waals surface area contributed by atoms with Gasteiger partial charge in [0.05, 0.1) is 10.5 Å². The van der Waals surface area contributed by atoms with Crippen molar-refractivity contribution >= 4 is 15.8 Å². The molecule has 0 N–H and O–H groups in total. The fraction of sp³-hybridized carbons (Fsp3) is 0.278. The summed E-state index contributed by atoms with van der Waals surface area (Å²) >= 11 is 0. The zero-order valence-electron chi connectivity index (χ0n) is 13.7. The maximum atomic E-state index is 11.9. The Morgan fingerprint density at radius 2 is 1.75 bits per heavy atom. The number of benzene rings is 2. The average Bonchev–Trinajstić information content (AvgIpc) is 2.58.